The first-order valence-electron chi connectivity index (χ1n) is 9.02. The van der Waals surface area contributed by atoms with Gasteiger partial charge in [0.2, 0.25) is 10.0 Å². The highest BCUT2D eigenvalue weighted by molar-refractivity contribution is 7.89. The Morgan fingerprint density at radius 3 is 2.66 bits per heavy atom. The number of anilines is 1. The van der Waals surface area contributed by atoms with Crippen LogP contribution in [0.3, 0.4) is 0 Å². The third-order valence-corrected chi connectivity index (χ3v) is 7.29. The van der Waals surface area contributed by atoms with Crippen molar-refractivity contribution in [3.05, 3.63) is 75.8 Å². The minimum atomic E-state index is -3.76. The van der Waals surface area contributed by atoms with Crippen LogP contribution in [0.5, 0.6) is 0 Å². The molecule has 1 heterocycles. The van der Waals surface area contributed by atoms with E-state index < -0.39 is 15.9 Å². The number of hydrogen-bond donors (Lipinski definition) is 2. The lowest BCUT2D eigenvalue weighted by Crippen LogP contribution is -2.26. The second-order valence-electron chi connectivity index (χ2n) is 6.79. The number of thiazole rings is 1. The molecule has 4 rings (SSSR count). The lowest BCUT2D eigenvalue weighted by Gasteiger charge is -2.09. The summed E-state index contributed by atoms with van der Waals surface area (Å²) >= 11 is 7.45. The van der Waals surface area contributed by atoms with E-state index in [1.165, 1.54) is 29.5 Å². The fourth-order valence-electron chi connectivity index (χ4n) is 2.75. The van der Waals surface area contributed by atoms with Crippen molar-refractivity contribution >= 4 is 44.0 Å². The molecule has 29 heavy (non-hydrogen) atoms. The van der Waals surface area contributed by atoms with Crippen molar-refractivity contribution in [2.45, 2.75) is 30.2 Å². The number of aromatic nitrogens is 1. The molecule has 0 bridgehead atoms. The van der Waals surface area contributed by atoms with E-state index in [9.17, 15) is 13.2 Å². The quantitative estimate of drug-likeness (QED) is 0.571. The van der Waals surface area contributed by atoms with Crippen LogP contribution in [0.1, 0.15) is 33.6 Å². The standard InChI is InChI=1S/C20H18ClN3O3S2/c21-17-9-6-14(11-18(17)29(26,27)24-15-7-8-15)19(25)23-20-22-12-16(28-20)10-13-4-2-1-3-5-13/h1-6,9,11-12,15,24H,7-8,10H2,(H,22,23,25). The summed E-state index contributed by atoms with van der Waals surface area (Å²) in [6.07, 6.45) is 4.08. The van der Waals surface area contributed by atoms with Crippen molar-refractivity contribution in [1.82, 2.24) is 9.71 Å². The summed E-state index contributed by atoms with van der Waals surface area (Å²) in [6.45, 7) is 0. The molecule has 2 aromatic carbocycles. The van der Waals surface area contributed by atoms with Gasteiger partial charge < -0.3 is 0 Å². The van der Waals surface area contributed by atoms with Gasteiger partial charge in [-0.15, -0.1) is 11.3 Å². The molecule has 1 saturated carbocycles. The fraction of sp³-hybridized carbons (Fsp3) is 0.200. The van der Waals surface area contributed by atoms with E-state index in [2.05, 4.69) is 15.0 Å². The monoisotopic (exact) mass is 447 g/mol. The Bertz CT molecular complexity index is 1140. The SMILES string of the molecule is O=C(Nc1ncc(Cc2ccccc2)s1)c1ccc(Cl)c(S(=O)(=O)NC2CC2)c1. The zero-order valence-electron chi connectivity index (χ0n) is 15.3. The molecule has 0 saturated heterocycles. The molecule has 150 valence electrons. The van der Waals surface area contributed by atoms with Crippen LogP contribution >= 0.6 is 22.9 Å². The Morgan fingerprint density at radius 1 is 1.17 bits per heavy atom. The Labute approximate surface area is 178 Å². The van der Waals surface area contributed by atoms with Gasteiger partial charge in [0.25, 0.3) is 5.91 Å². The lowest BCUT2D eigenvalue weighted by atomic mass is 10.1. The Hall–Kier alpha value is -2.26. The van der Waals surface area contributed by atoms with Gasteiger partial charge in [-0.2, -0.15) is 0 Å². The Kier molecular flexibility index (Phi) is 5.69. The van der Waals surface area contributed by atoms with E-state index in [1.54, 1.807) is 6.20 Å². The van der Waals surface area contributed by atoms with Crippen molar-refractivity contribution in [1.29, 1.82) is 0 Å². The van der Waals surface area contributed by atoms with Crippen molar-refractivity contribution in [2.24, 2.45) is 0 Å². The van der Waals surface area contributed by atoms with Gasteiger partial charge in [0.1, 0.15) is 4.90 Å². The molecule has 6 nitrogen and oxygen atoms in total. The highest BCUT2D eigenvalue weighted by atomic mass is 35.5. The molecule has 1 fully saturated rings. The zero-order chi connectivity index (χ0) is 20.4. The van der Waals surface area contributed by atoms with Crippen molar-refractivity contribution < 1.29 is 13.2 Å². The van der Waals surface area contributed by atoms with Gasteiger partial charge in [-0.3, -0.25) is 10.1 Å². The molecule has 0 aliphatic heterocycles. The minimum Gasteiger partial charge on any atom is -0.298 e. The van der Waals surface area contributed by atoms with Gasteiger partial charge in [0, 0.05) is 29.1 Å². The molecule has 1 aliphatic carbocycles. The van der Waals surface area contributed by atoms with E-state index in [-0.39, 0.29) is 21.5 Å². The van der Waals surface area contributed by atoms with E-state index in [1.807, 2.05) is 30.3 Å². The smallest absolute Gasteiger partial charge is 0.257 e. The molecular weight excluding hydrogens is 430 g/mol. The largest absolute Gasteiger partial charge is 0.298 e. The molecule has 0 radical (unpaired) electrons. The van der Waals surface area contributed by atoms with Crippen LogP contribution in [0.15, 0.2) is 59.6 Å². The zero-order valence-corrected chi connectivity index (χ0v) is 17.7. The summed E-state index contributed by atoms with van der Waals surface area (Å²) in [6, 6.07) is 14.1. The van der Waals surface area contributed by atoms with Crippen molar-refractivity contribution in [3.63, 3.8) is 0 Å². The van der Waals surface area contributed by atoms with Crippen molar-refractivity contribution in [3.8, 4) is 0 Å². The molecule has 9 heteroatoms. The van der Waals surface area contributed by atoms with Crippen LogP contribution in [-0.2, 0) is 16.4 Å². The van der Waals surface area contributed by atoms with E-state index >= 15 is 0 Å². The number of carbonyl (C=O) groups excluding carboxylic acids is 1. The second kappa shape index (κ2) is 8.23. The van der Waals surface area contributed by atoms with Gasteiger partial charge in [-0.25, -0.2) is 18.1 Å². The summed E-state index contributed by atoms with van der Waals surface area (Å²) < 4.78 is 27.5. The molecule has 1 aliphatic rings. The maximum absolute atomic E-state index is 12.6. The third-order valence-electron chi connectivity index (χ3n) is 4.38. The van der Waals surface area contributed by atoms with Crippen LogP contribution in [0.4, 0.5) is 5.13 Å². The molecule has 0 atom stereocenters. The molecule has 1 amide bonds. The number of nitrogens with zero attached hydrogens (tertiary/aromatic N) is 1. The molecule has 2 N–H and O–H groups in total. The number of sulfonamides is 1. The van der Waals surface area contributed by atoms with Gasteiger partial charge >= 0.3 is 0 Å². The first-order chi connectivity index (χ1) is 13.9. The predicted molar refractivity (Wildman–Crippen MR) is 114 cm³/mol. The average molecular weight is 448 g/mol. The predicted octanol–water partition coefficient (Wildman–Crippen LogP) is 4.08. The highest BCUT2D eigenvalue weighted by Gasteiger charge is 2.29. The summed E-state index contributed by atoms with van der Waals surface area (Å²) in [7, 11) is -3.76. The Balaban J connectivity index is 1.48. The number of benzene rings is 2. The summed E-state index contributed by atoms with van der Waals surface area (Å²) in [4.78, 5) is 17.8. The second-order valence-corrected chi connectivity index (χ2v) is 9.99. The van der Waals surface area contributed by atoms with Crippen molar-refractivity contribution in [2.75, 3.05) is 5.32 Å². The minimum absolute atomic E-state index is 0.0492. The number of amides is 1. The third kappa shape index (κ3) is 5.02. The lowest BCUT2D eigenvalue weighted by molar-refractivity contribution is 0.102. The summed E-state index contributed by atoms with van der Waals surface area (Å²) in [5.74, 6) is -0.440. The molecule has 0 spiro atoms. The van der Waals surface area contributed by atoms with E-state index in [0.717, 1.165) is 29.7 Å². The highest BCUT2D eigenvalue weighted by Crippen LogP contribution is 2.27. The topological polar surface area (TPSA) is 88.2 Å². The van der Waals surface area contributed by atoms with Crippen LogP contribution in [0.25, 0.3) is 0 Å². The fourth-order valence-corrected chi connectivity index (χ4v) is 5.42. The number of nitrogens with one attached hydrogen (secondary N) is 2. The summed E-state index contributed by atoms with van der Waals surface area (Å²) in [5, 5.41) is 3.26. The molecular formula is C20H18ClN3O3S2. The van der Waals surface area contributed by atoms with Crippen LogP contribution in [-0.4, -0.2) is 25.4 Å². The Morgan fingerprint density at radius 2 is 1.93 bits per heavy atom. The molecule has 1 aromatic heterocycles. The van der Waals surface area contributed by atoms with Gasteiger partial charge in [0.05, 0.1) is 5.02 Å². The molecule has 0 unspecified atom stereocenters. The van der Waals surface area contributed by atoms with E-state index in [0.29, 0.717) is 5.13 Å². The first-order valence-corrected chi connectivity index (χ1v) is 11.7. The van der Waals surface area contributed by atoms with Crippen LogP contribution < -0.4 is 10.0 Å². The molecule has 3 aromatic rings. The maximum atomic E-state index is 12.6. The van der Waals surface area contributed by atoms with Gasteiger partial charge in [-0.05, 0) is 36.6 Å². The van der Waals surface area contributed by atoms with Gasteiger partial charge in [-0.1, -0.05) is 41.9 Å². The normalized spacial score (nSPS) is 14.0. The van der Waals surface area contributed by atoms with E-state index in [4.69, 9.17) is 11.6 Å². The number of halogens is 1. The number of rotatable bonds is 7. The van der Waals surface area contributed by atoms with Gasteiger partial charge in [0.15, 0.2) is 5.13 Å². The summed E-state index contributed by atoms with van der Waals surface area (Å²) in [5.41, 5.74) is 1.36. The number of carbonyl (C=O) groups is 1. The van der Waals surface area contributed by atoms with Crippen LogP contribution in [0.2, 0.25) is 5.02 Å². The average Bonchev–Trinajstić information content (AvgIpc) is 3.39. The van der Waals surface area contributed by atoms with Crippen LogP contribution in [0, 0.1) is 0 Å². The maximum Gasteiger partial charge on any atom is 0.257 e. The number of hydrogen-bond acceptors (Lipinski definition) is 5. The first kappa shape index (κ1) is 20.0.